The molecule has 2 aromatic rings. The molecule has 0 saturated heterocycles. The first-order valence-electron chi connectivity index (χ1n) is 8.98. The molecule has 5 heteroatoms. The van der Waals surface area contributed by atoms with Crippen LogP contribution < -0.4 is 0 Å². The Hall–Kier alpha value is -2.17. The number of ketones is 1. The van der Waals surface area contributed by atoms with E-state index in [0.29, 0.717) is 0 Å². The fraction of sp³-hybridized carbons (Fsp3) is 0.381. The van der Waals surface area contributed by atoms with Crippen LogP contribution in [0.25, 0.3) is 0 Å². The molecule has 0 radical (unpaired) electrons. The summed E-state index contributed by atoms with van der Waals surface area (Å²) in [5.74, 6) is -4.27. The molecule has 4 rings (SSSR count). The third kappa shape index (κ3) is 2.83. The Bertz CT molecular complexity index is 811. The van der Waals surface area contributed by atoms with E-state index >= 15 is 0 Å². The second-order valence-electron chi connectivity index (χ2n) is 7.28. The summed E-state index contributed by atoms with van der Waals surface area (Å²) < 4.78 is 56.5. The van der Waals surface area contributed by atoms with Crippen LogP contribution in [0.5, 0.6) is 0 Å². The highest BCUT2D eigenvalue weighted by atomic mass is 19.1. The van der Waals surface area contributed by atoms with Crippen LogP contribution in [-0.4, -0.2) is 5.78 Å². The fourth-order valence-corrected chi connectivity index (χ4v) is 3.91. The van der Waals surface area contributed by atoms with Crippen molar-refractivity contribution >= 4 is 5.78 Å². The molecule has 136 valence electrons. The number of rotatable bonds is 4. The Labute approximate surface area is 149 Å². The van der Waals surface area contributed by atoms with Crippen LogP contribution in [0.3, 0.4) is 0 Å². The quantitative estimate of drug-likeness (QED) is 0.481. The first-order valence-corrected chi connectivity index (χ1v) is 8.98. The van der Waals surface area contributed by atoms with E-state index < -0.39 is 29.1 Å². The molecule has 2 aliphatic rings. The van der Waals surface area contributed by atoms with E-state index in [1.165, 1.54) is 0 Å². The summed E-state index contributed by atoms with van der Waals surface area (Å²) in [6.07, 6.45) is 4.70. The summed E-state index contributed by atoms with van der Waals surface area (Å²) >= 11 is 0. The lowest BCUT2D eigenvalue weighted by atomic mass is 9.74. The van der Waals surface area contributed by atoms with Crippen molar-refractivity contribution in [1.29, 1.82) is 0 Å². The van der Waals surface area contributed by atoms with Crippen molar-refractivity contribution in [1.82, 2.24) is 0 Å². The highest BCUT2D eigenvalue weighted by Gasteiger charge is 2.33. The Morgan fingerprint density at radius 1 is 0.692 bits per heavy atom. The smallest absolute Gasteiger partial charge is 0.194 e. The molecule has 2 aromatic carbocycles. The normalized spacial score (nSPS) is 17.7. The Balaban J connectivity index is 1.86. The maximum Gasteiger partial charge on any atom is 0.194 e. The van der Waals surface area contributed by atoms with Gasteiger partial charge in [0.1, 0.15) is 23.3 Å². The van der Waals surface area contributed by atoms with Gasteiger partial charge in [-0.15, -0.1) is 0 Å². The van der Waals surface area contributed by atoms with Crippen molar-refractivity contribution in [3.63, 3.8) is 0 Å². The van der Waals surface area contributed by atoms with Crippen molar-refractivity contribution < 1.29 is 22.4 Å². The second-order valence-corrected chi connectivity index (χ2v) is 7.28. The number of halogens is 4. The maximum atomic E-state index is 14.4. The van der Waals surface area contributed by atoms with Gasteiger partial charge >= 0.3 is 0 Å². The van der Waals surface area contributed by atoms with Crippen LogP contribution in [0.1, 0.15) is 77.4 Å². The van der Waals surface area contributed by atoms with Gasteiger partial charge in [0.05, 0.1) is 0 Å². The highest BCUT2D eigenvalue weighted by molar-refractivity contribution is 6.11. The van der Waals surface area contributed by atoms with Crippen molar-refractivity contribution in [3.05, 3.63) is 69.8 Å². The summed E-state index contributed by atoms with van der Waals surface area (Å²) in [5, 5.41) is 0. The summed E-state index contributed by atoms with van der Waals surface area (Å²) in [5.41, 5.74) is 0.120. The van der Waals surface area contributed by atoms with E-state index in [1.54, 1.807) is 0 Å². The van der Waals surface area contributed by atoms with Crippen LogP contribution in [-0.2, 0) is 0 Å². The molecule has 0 bridgehead atoms. The summed E-state index contributed by atoms with van der Waals surface area (Å²) in [6, 6.07) is 3.52. The van der Waals surface area contributed by atoms with Gasteiger partial charge in [0.25, 0.3) is 0 Å². The fourth-order valence-electron chi connectivity index (χ4n) is 3.91. The van der Waals surface area contributed by atoms with Gasteiger partial charge in [0, 0.05) is 34.4 Å². The van der Waals surface area contributed by atoms with Crippen LogP contribution in [0.4, 0.5) is 17.6 Å². The SMILES string of the molecule is O=C(c1cc(F)cc(F)c1C1CCC1)c1cc(F)cc(F)c1C1CCC1. The van der Waals surface area contributed by atoms with E-state index in [2.05, 4.69) is 0 Å². The van der Waals surface area contributed by atoms with E-state index in [4.69, 9.17) is 0 Å². The van der Waals surface area contributed by atoms with E-state index in [1.807, 2.05) is 0 Å². The van der Waals surface area contributed by atoms with Gasteiger partial charge in [-0.1, -0.05) is 12.8 Å². The van der Waals surface area contributed by atoms with Gasteiger partial charge in [-0.2, -0.15) is 0 Å². The van der Waals surface area contributed by atoms with Gasteiger partial charge in [0.2, 0.25) is 0 Å². The van der Waals surface area contributed by atoms with E-state index in [9.17, 15) is 22.4 Å². The molecular weight excluding hydrogens is 344 g/mol. The molecule has 0 heterocycles. The van der Waals surface area contributed by atoms with Gasteiger partial charge in [-0.3, -0.25) is 4.79 Å². The molecule has 26 heavy (non-hydrogen) atoms. The topological polar surface area (TPSA) is 17.1 Å². The minimum Gasteiger partial charge on any atom is -0.289 e. The molecule has 0 N–H and O–H groups in total. The summed E-state index contributed by atoms with van der Waals surface area (Å²) in [6.45, 7) is 0. The molecule has 0 spiro atoms. The van der Waals surface area contributed by atoms with Crippen molar-refractivity contribution in [2.75, 3.05) is 0 Å². The van der Waals surface area contributed by atoms with Gasteiger partial charge < -0.3 is 0 Å². The van der Waals surface area contributed by atoms with E-state index in [0.717, 1.165) is 62.8 Å². The minimum absolute atomic E-state index is 0.113. The Morgan fingerprint density at radius 3 is 1.38 bits per heavy atom. The zero-order valence-corrected chi connectivity index (χ0v) is 14.1. The summed E-state index contributed by atoms with van der Waals surface area (Å²) in [7, 11) is 0. The zero-order chi connectivity index (χ0) is 18.4. The van der Waals surface area contributed by atoms with Crippen LogP contribution >= 0.6 is 0 Å². The lowest BCUT2D eigenvalue weighted by molar-refractivity contribution is 0.103. The predicted octanol–water partition coefficient (Wildman–Crippen LogP) is 6.01. The number of benzene rings is 2. The van der Waals surface area contributed by atoms with Crippen LogP contribution in [0, 0.1) is 23.3 Å². The zero-order valence-electron chi connectivity index (χ0n) is 14.1. The second kappa shape index (κ2) is 6.53. The van der Waals surface area contributed by atoms with Crippen LogP contribution in [0.2, 0.25) is 0 Å². The molecule has 0 aliphatic heterocycles. The maximum absolute atomic E-state index is 14.4. The minimum atomic E-state index is -0.865. The average Bonchev–Trinajstić information content (AvgIpc) is 2.47. The first kappa shape index (κ1) is 17.3. The van der Waals surface area contributed by atoms with Crippen LogP contribution in [0.15, 0.2) is 24.3 Å². The number of hydrogen-bond acceptors (Lipinski definition) is 1. The third-order valence-corrected chi connectivity index (χ3v) is 5.70. The molecule has 2 fully saturated rings. The summed E-state index contributed by atoms with van der Waals surface area (Å²) in [4.78, 5) is 13.1. The molecule has 1 nitrogen and oxygen atoms in total. The largest absolute Gasteiger partial charge is 0.289 e. The molecule has 0 aromatic heterocycles. The number of hydrogen-bond donors (Lipinski definition) is 0. The Morgan fingerprint density at radius 2 is 1.08 bits per heavy atom. The first-order chi connectivity index (χ1) is 12.5. The standard InChI is InChI=1S/C21H18F4O/c22-13-7-15(19(17(24)9-13)11-3-1-4-11)21(26)16-8-14(23)10-18(25)20(16)12-5-2-6-12/h7-12H,1-6H2. The monoisotopic (exact) mass is 362 g/mol. The molecule has 0 amide bonds. The number of carbonyl (C=O) groups excluding carboxylic acids is 1. The average molecular weight is 362 g/mol. The lowest BCUT2D eigenvalue weighted by Crippen LogP contribution is -2.20. The highest BCUT2D eigenvalue weighted by Crippen LogP contribution is 2.43. The molecule has 2 aliphatic carbocycles. The van der Waals surface area contributed by atoms with Crippen molar-refractivity contribution in [2.45, 2.75) is 50.4 Å². The van der Waals surface area contributed by atoms with Gasteiger partial charge in [0.15, 0.2) is 5.78 Å². The molecule has 0 atom stereocenters. The third-order valence-electron chi connectivity index (χ3n) is 5.70. The van der Waals surface area contributed by atoms with Crippen molar-refractivity contribution in [3.8, 4) is 0 Å². The lowest BCUT2D eigenvalue weighted by Gasteiger charge is -2.30. The van der Waals surface area contributed by atoms with Gasteiger partial charge in [-0.25, -0.2) is 17.6 Å². The van der Waals surface area contributed by atoms with E-state index in [-0.39, 0.29) is 34.1 Å². The Kier molecular flexibility index (Phi) is 4.33. The number of carbonyl (C=O) groups is 1. The molecule has 2 saturated carbocycles. The predicted molar refractivity (Wildman–Crippen MR) is 89.3 cm³/mol. The molecule has 0 unspecified atom stereocenters. The molecular formula is C21H18F4O. The van der Waals surface area contributed by atoms with Gasteiger partial charge in [-0.05, 0) is 49.7 Å². The van der Waals surface area contributed by atoms with Crippen molar-refractivity contribution in [2.24, 2.45) is 0 Å².